The van der Waals surface area contributed by atoms with Gasteiger partial charge in [0, 0.05) is 82.5 Å². The molecule has 2 bridgehead atoms. The summed E-state index contributed by atoms with van der Waals surface area (Å²) >= 11 is 7.77. The van der Waals surface area contributed by atoms with Gasteiger partial charge in [0.15, 0.2) is 6.10 Å². The lowest BCUT2D eigenvalue weighted by atomic mass is 9.99. The Morgan fingerprint density at radius 3 is 2.38 bits per heavy atom. The molecule has 5 aliphatic heterocycles. The van der Waals surface area contributed by atoms with Crippen LogP contribution in [0.15, 0.2) is 23.6 Å². The molecule has 4 fully saturated rings. The Balaban J connectivity index is 1.03. The van der Waals surface area contributed by atoms with Crippen LogP contribution in [0.5, 0.6) is 0 Å². The van der Waals surface area contributed by atoms with Crippen molar-refractivity contribution in [3.63, 3.8) is 0 Å². The van der Waals surface area contributed by atoms with Crippen molar-refractivity contribution in [2.24, 2.45) is 0 Å². The summed E-state index contributed by atoms with van der Waals surface area (Å²) in [6.45, 7) is 4.15. The van der Waals surface area contributed by atoms with Gasteiger partial charge >= 0.3 is 18.3 Å². The van der Waals surface area contributed by atoms with Crippen LogP contribution in [0.2, 0.25) is 5.02 Å². The smallest absolute Gasteiger partial charge is 0.418 e. The van der Waals surface area contributed by atoms with E-state index in [0.717, 1.165) is 42.6 Å². The summed E-state index contributed by atoms with van der Waals surface area (Å²) in [4.78, 5) is 50.4. The number of likely N-dealkylation sites (tertiary alicyclic amines) is 4. The van der Waals surface area contributed by atoms with Gasteiger partial charge in [0.1, 0.15) is 5.00 Å². The molecule has 1 aromatic carbocycles. The molecule has 4 saturated heterocycles. The number of likely N-dealkylation sites (N-methyl/N-ethyl adjacent to an activating group) is 1. The van der Waals surface area contributed by atoms with E-state index in [2.05, 4.69) is 27.5 Å². The fraction of sp³-hybridized carbons (Fsp3) is 0.618. The second-order valence-corrected chi connectivity index (χ2v) is 15.4. The third kappa shape index (κ3) is 6.98. The molecule has 2 N–H and O–H groups in total. The zero-order valence-electron chi connectivity index (χ0n) is 28.2. The molecule has 0 radical (unpaired) electrons. The first-order chi connectivity index (χ1) is 23.9. The molecule has 11 nitrogen and oxygen atoms in total. The monoisotopic (exact) mass is 737 g/mol. The number of halogens is 4. The Kier molecular flexibility index (Phi) is 9.87. The normalized spacial score (nSPS) is 24.4. The first kappa shape index (κ1) is 35.1. The number of nitrogens with zero attached hydrogens (tertiary/aromatic N) is 5. The molecule has 50 heavy (non-hydrogen) atoms. The van der Waals surface area contributed by atoms with Gasteiger partial charge < -0.3 is 29.7 Å². The number of carbonyl (C=O) groups is 3. The number of hydrogen-bond donors (Lipinski definition) is 2. The largest absolute Gasteiger partial charge is 0.436 e. The van der Waals surface area contributed by atoms with Crippen molar-refractivity contribution in [1.82, 2.24) is 24.5 Å². The van der Waals surface area contributed by atoms with E-state index in [1.54, 1.807) is 9.80 Å². The highest BCUT2D eigenvalue weighted by Gasteiger charge is 2.45. The summed E-state index contributed by atoms with van der Waals surface area (Å²) in [5.74, 6) is -0.423. The van der Waals surface area contributed by atoms with Crippen LogP contribution in [0.1, 0.15) is 48.8 Å². The summed E-state index contributed by atoms with van der Waals surface area (Å²) in [6, 6.07) is 5.56. The summed E-state index contributed by atoms with van der Waals surface area (Å²) in [6.07, 6.45) is -3.21. The van der Waals surface area contributed by atoms with E-state index < -0.39 is 29.8 Å². The highest BCUT2D eigenvalue weighted by atomic mass is 35.5. The van der Waals surface area contributed by atoms with Gasteiger partial charge in [0.25, 0.3) is 5.91 Å². The number of benzene rings is 1. The number of thiophene rings is 1. The molecule has 272 valence electrons. The molecule has 6 heterocycles. The summed E-state index contributed by atoms with van der Waals surface area (Å²) < 4.78 is 48.0. The number of urea groups is 1. The minimum atomic E-state index is -4.69. The first-order valence-electron chi connectivity index (χ1n) is 17.3. The number of fused-ring (bicyclic) bond motifs is 3. The Morgan fingerprint density at radius 2 is 1.74 bits per heavy atom. The minimum absolute atomic E-state index is 0.0781. The summed E-state index contributed by atoms with van der Waals surface area (Å²) in [5, 5.41) is 8.11. The van der Waals surface area contributed by atoms with Gasteiger partial charge in [-0.2, -0.15) is 13.2 Å². The number of nitrogens with one attached hydrogen (secondary N) is 2. The van der Waals surface area contributed by atoms with Crippen LogP contribution in [0.25, 0.3) is 0 Å². The van der Waals surface area contributed by atoms with Gasteiger partial charge in [-0.3, -0.25) is 15.0 Å². The van der Waals surface area contributed by atoms with Crippen LogP contribution in [-0.4, -0.2) is 126 Å². The van der Waals surface area contributed by atoms with E-state index >= 15 is 0 Å². The maximum Gasteiger partial charge on any atom is 0.418 e. The quantitative estimate of drug-likeness (QED) is 0.393. The van der Waals surface area contributed by atoms with E-state index in [4.69, 9.17) is 16.3 Å². The first-order valence-corrected chi connectivity index (χ1v) is 18.6. The Morgan fingerprint density at radius 1 is 1.04 bits per heavy atom. The lowest BCUT2D eigenvalue weighted by Crippen LogP contribution is -2.55. The highest BCUT2D eigenvalue weighted by molar-refractivity contribution is 7.14. The standard InChI is InChI=1S/C34H43ClF3N7O4S/c1-39-29-26(34(36,37)38)13-20(14-27(29)35)15-28(31(46)42-8-3-22(4-9-42)44-19-24-16-25(44)18-41(24)2)49-33(48)43-10-5-23(6-11-43)45-17-21-7-12-50-30(21)40-32(45)47/h7,12-14,22-25,28,39H,3-6,8-11,15-19H2,1-2H3,(H,40,47)/t24?,25?,28-/m1/s1. The van der Waals surface area contributed by atoms with E-state index in [-0.39, 0.29) is 34.8 Å². The van der Waals surface area contributed by atoms with Crippen LogP contribution < -0.4 is 10.6 Å². The second-order valence-electron chi connectivity index (χ2n) is 14.1. The maximum atomic E-state index is 14.1. The average molecular weight is 738 g/mol. The number of piperazine rings is 1. The fourth-order valence-electron chi connectivity index (χ4n) is 8.46. The van der Waals surface area contributed by atoms with E-state index in [1.165, 1.54) is 35.8 Å². The van der Waals surface area contributed by atoms with Crippen molar-refractivity contribution in [3.05, 3.63) is 45.3 Å². The molecule has 4 amide bonds. The average Bonchev–Trinajstić information content (AvgIpc) is 3.82. The molecule has 3 atom stereocenters. The number of ether oxygens (including phenoxy) is 1. The predicted octanol–water partition coefficient (Wildman–Crippen LogP) is 5.40. The molecule has 0 aliphatic carbocycles. The Hall–Kier alpha value is -3.27. The van der Waals surface area contributed by atoms with Crippen molar-refractivity contribution in [3.8, 4) is 0 Å². The van der Waals surface area contributed by atoms with Gasteiger partial charge in [-0.05, 0) is 68.3 Å². The Labute approximate surface area is 298 Å². The van der Waals surface area contributed by atoms with Crippen LogP contribution >= 0.6 is 22.9 Å². The minimum Gasteiger partial charge on any atom is -0.436 e. The molecular weight excluding hydrogens is 695 g/mol. The van der Waals surface area contributed by atoms with Gasteiger partial charge in [0.05, 0.1) is 22.8 Å². The van der Waals surface area contributed by atoms with Gasteiger partial charge in [0.2, 0.25) is 0 Å². The number of piperidine rings is 2. The zero-order chi connectivity index (χ0) is 35.3. The van der Waals surface area contributed by atoms with E-state index in [0.29, 0.717) is 63.7 Å². The molecule has 2 aromatic rings. The van der Waals surface area contributed by atoms with E-state index in [1.807, 2.05) is 11.4 Å². The molecule has 7 rings (SSSR count). The fourth-order valence-corrected chi connectivity index (χ4v) is 9.60. The van der Waals surface area contributed by atoms with Gasteiger partial charge in [-0.15, -0.1) is 11.3 Å². The van der Waals surface area contributed by atoms with Crippen LogP contribution in [-0.2, 0) is 28.7 Å². The van der Waals surface area contributed by atoms with Crippen molar-refractivity contribution in [2.45, 2.75) is 81.5 Å². The van der Waals surface area contributed by atoms with Gasteiger partial charge in [-0.25, -0.2) is 9.59 Å². The molecule has 5 aliphatic rings. The third-order valence-corrected chi connectivity index (χ3v) is 12.3. The highest BCUT2D eigenvalue weighted by Crippen LogP contribution is 2.40. The summed E-state index contributed by atoms with van der Waals surface area (Å²) in [7, 11) is 3.52. The van der Waals surface area contributed by atoms with Crippen molar-refractivity contribution < 1.29 is 32.3 Å². The molecular formula is C34H43ClF3N7O4S. The number of anilines is 2. The van der Waals surface area contributed by atoms with Crippen LogP contribution in [0.4, 0.5) is 33.4 Å². The zero-order valence-corrected chi connectivity index (χ0v) is 29.8. The molecule has 16 heteroatoms. The number of carbonyl (C=O) groups excluding carboxylic acids is 3. The maximum absolute atomic E-state index is 14.1. The summed E-state index contributed by atoms with van der Waals surface area (Å²) in [5.41, 5.74) is -0.0160. The molecule has 0 saturated carbocycles. The van der Waals surface area contributed by atoms with Gasteiger partial charge in [-0.1, -0.05) is 11.6 Å². The van der Waals surface area contributed by atoms with Crippen LogP contribution in [0, 0.1) is 0 Å². The second kappa shape index (κ2) is 14.0. The van der Waals surface area contributed by atoms with Crippen molar-refractivity contribution in [1.29, 1.82) is 0 Å². The van der Waals surface area contributed by atoms with Crippen LogP contribution in [0.3, 0.4) is 0 Å². The van der Waals surface area contributed by atoms with Crippen molar-refractivity contribution >= 4 is 51.7 Å². The number of alkyl halides is 3. The number of rotatable bonds is 7. The number of hydrogen-bond acceptors (Lipinski definition) is 8. The third-order valence-electron chi connectivity index (χ3n) is 11.2. The lowest BCUT2D eigenvalue weighted by Gasteiger charge is -2.42. The predicted molar refractivity (Wildman–Crippen MR) is 185 cm³/mol. The molecule has 1 aromatic heterocycles. The van der Waals surface area contributed by atoms with E-state index in [9.17, 15) is 27.6 Å². The van der Waals surface area contributed by atoms with Crippen molar-refractivity contribution in [2.75, 3.05) is 64.0 Å². The lowest BCUT2D eigenvalue weighted by molar-refractivity contribution is -0.142. The Bertz CT molecular complexity index is 1610. The molecule has 0 spiro atoms. The topological polar surface area (TPSA) is 101 Å². The molecule has 2 unspecified atom stereocenters. The SMILES string of the molecule is CNc1c(Cl)cc(C[C@@H](OC(=O)N2CCC(N3Cc4ccsc4NC3=O)CC2)C(=O)N2CCC(N3CC4CC3CN4C)CC2)cc1C(F)(F)F. The number of amides is 4.